The average Bonchev–Trinajstić information content (AvgIpc) is 2.41. The minimum absolute atomic E-state index is 0.185. The van der Waals surface area contributed by atoms with Crippen LogP contribution in [0, 0.1) is 17.7 Å². The lowest BCUT2D eigenvalue weighted by Crippen LogP contribution is -2.33. The van der Waals surface area contributed by atoms with Crippen LogP contribution in [0.25, 0.3) is 0 Å². The Morgan fingerprint density at radius 2 is 2.00 bits per heavy atom. The highest BCUT2D eigenvalue weighted by molar-refractivity contribution is 5.96. The molecule has 1 aromatic carbocycles. The maximum atomic E-state index is 13.1. The predicted molar refractivity (Wildman–Crippen MR) is 71.4 cm³/mol. The normalized spacial score (nSPS) is 9.35. The Bertz CT molecular complexity index is 561. The lowest BCUT2D eigenvalue weighted by molar-refractivity contribution is -0.118. The molecule has 2 amide bonds. The summed E-state index contributed by atoms with van der Waals surface area (Å²) in [6.07, 6.45) is 0. The first-order valence-electron chi connectivity index (χ1n) is 5.96. The number of benzene rings is 1. The van der Waals surface area contributed by atoms with Crippen LogP contribution < -0.4 is 10.6 Å². The average molecular weight is 278 g/mol. The van der Waals surface area contributed by atoms with Crippen LogP contribution in [0.15, 0.2) is 18.2 Å². The molecule has 0 heterocycles. The molecule has 0 unspecified atom stereocenters. The fraction of sp³-hybridized carbons (Fsp3) is 0.286. The van der Waals surface area contributed by atoms with Gasteiger partial charge >= 0.3 is 0 Å². The molecule has 1 aromatic rings. The fourth-order valence-electron chi connectivity index (χ4n) is 1.46. The first-order chi connectivity index (χ1) is 9.54. The first kappa shape index (κ1) is 15.7. The molecule has 0 aromatic heterocycles. The summed E-state index contributed by atoms with van der Waals surface area (Å²) in [5.74, 6) is 3.78. The van der Waals surface area contributed by atoms with Gasteiger partial charge in [0.2, 0.25) is 5.91 Å². The van der Waals surface area contributed by atoms with E-state index in [-0.39, 0.29) is 30.2 Å². The Kier molecular flexibility index (Phi) is 6.20. The van der Waals surface area contributed by atoms with Crippen LogP contribution in [-0.2, 0) is 4.79 Å². The van der Waals surface area contributed by atoms with Gasteiger partial charge in [0.15, 0.2) is 0 Å². The van der Waals surface area contributed by atoms with E-state index in [9.17, 15) is 14.0 Å². The molecule has 0 aliphatic heterocycles. The molecule has 0 saturated heterocycles. The number of carbonyl (C=O) groups excluding carboxylic acids is 2. The van der Waals surface area contributed by atoms with E-state index in [1.807, 2.05) is 0 Å². The molecule has 0 aliphatic rings. The number of aliphatic hydroxyl groups excluding tert-OH is 1. The lowest BCUT2D eigenvalue weighted by Gasteiger charge is -2.07. The summed E-state index contributed by atoms with van der Waals surface area (Å²) in [6, 6.07) is 3.61. The zero-order valence-electron chi connectivity index (χ0n) is 11.0. The molecule has 6 heteroatoms. The third kappa shape index (κ3) is 5.08. The standard InChI is InChI=1S/C14H15FN2O3/c1-10(19)16-6-7-17-14(20)13-5-4-12(15)9-11(13)3-2-8-18/h4-5,9,18H,6-8H2,1H3,(H,16,19)(H,17,20). The Balaban J connectivity index is 2.74. The van der Waals surface area contributed by atoms with Crippen molar-refractivity contribution in [3.05, 3.63) is 35.1 Å². The van der Waals surface area contributed by atoms with E-state index >= 15 is 0 Å². The first-order valence-corrected chi connectivity index (χ1v) is 5.96. The van der Waals surface area contributed by atoms with Gasteiger partial charge in [-0.25, -0.2) is 4.39 Å². The van der Waals surface area contributed by atoms with Crippen molar-refractivity contribution in [2.45, 2.75) is 6.92 Å². The monoisotopic (exact) mass is 278 g/mol. The van der Waals surface area contributed by atoms with Crippen molar-refractivity contribution in [3.63, 3.8) is 0 Å². The topological polar surface area (TPSA) is 78.4 Å². The van der Waals surface area contributed by atoms with E-state index < -0.39 is 11.7 Å². The van der Waals surface area contributed by atoms with Gasteiger partial charge in [-0.15, -0.1) is 0 Å². The van der Waals surface area contributed by atoms with Gasteiger partial charge < -0.3 is 15.7 Å². The van der Waals surface area contributed by atoms with Crippen molar-refractivity contribution in [2.75, 3.05) is 19.7 Å². The van der Waals surface area contributed by atoms with Gasteiger partial charge in [0.25, 0.3) is 5.91 Å². The van der Waals surface area contributed by atoms with Crippen LogP contribution >= 0.6 is 0 Å². The smallest absolute Gasteiger partial charge is 0.252 e. The van der Waals surface area contributed by atoms with Crippen LogP contribution in [0.3, 0.4) is 0 Å². The summed E-state index contributed by atoms with van der Waals surface area (Å²) in [7, 11) is 0. The summed E-state index contributed by atoms with van der Waals surface area (Å²) in [6.45, 7) is 1.56. The number of hydrogen-bond donors (Lipinski definition) is 3. The number of hydrogen-bond acceptors (Lipinski definition) is 3. The number of aliphatic hydroxyl groups is 1. The zero-order valence-corrected chi connectivity index (χ0v) is 11.0. The number of amides is 2. The second kappa shape index (κ2) is 7.92. The minimum Gasteiger partial charge on any atom is -0.384 e. The van der Waals surface area contributed by atoms with E-state index in [0.29, 0.717) is 6.54 Å². The van der Waals surface area contributed by atoms with Crippen molar-refractivity contribution in [1.82, 2.24) is 10.6 Å². The molecule has 1 rings (SSSR count). The van der Waals surface area contributed by atoms with Crippen LogP contribution in [0.2, 0.25) is 0 Å². The Labute approximate surface area is 116 Å². The predicted octanol–water partition coefficient (Wildman–Crippen LogP) is 0.0354. The number of carbonyl (C=O) groups is 2. The molecule has 0 spiro atoms. The maximum absolute atomic E-state index is 13.1. The van der Waals surface area contributed by atoms with Crippen molar-refractivity contribution >= 4 is 11.8 Å². The second-order valence-corrected chi connectivity index (χ2v) is 3.89. The molecular weight excluding hydrogens is 263 g/mol. The number of rotatable bonds is 4. The van der Waals surface area contributed by atoms with Gasteiger partial charge in [0.05, 0.1) is 5.56 Å². The van der Waals surface area contributed by atoms with Crippen molar-refractivity contribution in [1.29, 1.82) is 0 Å². The van der Waals surface area contributed by atoms with Crippen molar-refractivity contribution in [3.8, 4) is 11.8 Å². The van der Waals surface area contributed by atoms with Crippen LogP contribution in [-0.4, -0.2) is 36.6 Å². The highest BCUT2D eigenvalue weighted by Crippen LogP contribution is 2.10. The molecule has 0 saturated carbocycles. The van der Waals surface area contributed by atoms with Crippen LogP contribution in [0.1, 0.15) is 22.8 Å². The molecule has 0 bridgehead atoms. The van der Waals surface area contributed by atoms with E-state index in [0.717, 1.165) is 12.1 Å². The quantitative estimate of drug-likeness (QED) is 0.537. The summed E-state index contributed by atoms with van der Waals surface area (Å²) < 4.78 is 13.1. The maximum Gasteiger partial charge on any atom is 0.252 e. The number of halogens is 1. The van der Waals surface area contributed by atoms with Gasteiger partial charge in [0, 0.05) is 25.6 Å². The van der Waals surface area contributed by atoms with Gasteiger partial charge in [0.1, 0.15) is 12.4 Å². The van der Waals surface area contributed by atoms with Crippen LogP contribution in [0.5, 0.6) is 0 Å². The third-order valence-electron chi connectivity index (χ3n) is 2.31. The highest BCUT2D eigenvalue weighted by Gasteiger charge is 2.10. The third-order valence-corrected chi connectivity index (χ3v) is 2.31. The van der Waals surface area contributed by atoms with Crippen molar-refractivity contribution < 1.29 is 19.1 Å². The molecule has 3 N–H and O–H groups in total. The molecule has 5 nitrogen and oxygen atoms in total. The van der Waals surface area contributed by atoms with Gasteiger partial charge in [-0.05, 0) is 18.2 Å². The molecule has 0 fully saturated rings. The molecule has 20 heavy (non-hydrogen) atoms. The molecular formula is C14H15FN2O3. The van der Waals surface area contributed by atoms with E-state index in [4.69, 9.17) is 5.11 Å². The summed E-state index contributed by atoms with van der Waals surface area (Å²) in [5.41, 5.74) is 0.422. The SMILES string of the molecule is CC(=O)NCCNC(=O)c1ccc(F)cc1C#CCO. The Morgan fingerprint density at radius 3 is 2.65 bits per heavy atom. The van der Waals surface area contributed by atoms with Crippen molar-refractivity contribution in [2.24, 2.45) is 0 Å². The minimum atomic E-state index is -0.512. The largest absolute Gasteiger partial charge is 0.384 e. The summed E-state index contributed by atoms with van der Waals surface area (Å²) in [4.78, 5) is 22.6. The molecule has 0 atom stereocenters. The Hall–Kier alpha value is -2.39. The van der Waals surface area contributed by atoms with E-state index in [2.05, 4.69) is 22.5 Å². The molecule has 106 valence electrons. The van der Waals surface area contributed by atoms with E-state index in [1.54, 1.807) is 0 Å². The van der Waals surface area contributed by atoms with Gasteiger partial charge in [-0.2, -0.15) is 0 Å². The van der Waals surface area contributed by atoms with Gasteiger partial charge in [-0.1, -0.05) is 11.8 Å². The van der Waals surface area contributed by atoms with Gasteiger partial charge in [-0.3, -0.25) is 9.59 Å². The molecule has 0 aliphatic carbocycles. The molecule has 0 radical (unpaired) electrons. The zero-order chi connectivity index (χ0) is 15.0. The Morgan fingerprint density at radius 1 is 1.30 bits per heavy atom. The number of nitrogens with one attached hydrogen (secondary N) is 2. The van der Waals surface area contributed by atoms with Crippen LogP contribution in [0.4, 0.5) is 4.39 Å². The lowest BCUT2D eigenvalue weighted by atomic mass is 10.1. The summed E-state index contributed by atoms with van der Waals surface area (Å²) >= 11 is 0. The van der Waals surface area contributed by atoms with E-state index in [1.165, 1.54) is 13.0 Å². The fourth-order valence-corrected chi connectivity index (χ4v) is 1.46. The summed E-state index contributed by atoms with van der Waals surface area (Å²) in [5, 5.41) is 13.8. The second-order valence-electron chi connectivity index (χ2n) is 3.89. The highest BCUT2D eigenvalue weighted by atomic mass is 19.1.